The Morgan fingerprint density at radius 1 is 1.12 bits per heavy atom. The number of hydrogen-bond acceptors (Lipinski definition) is 3. The van der Waals surface area contributed by atoms with Crippen molar-refractivity contribution < 1.29 is 19.7 Å². The van der Waals surface area contributed by atoms with E-state index in [9.17, 15) is 15.0 Å². The van der Waals surface area contributed by atoms with Crippen molar-refractivity contribution in [3.05, 3.63) is 58.7 Å². The minimum absolute atomic E-state index is 0.184. The molecule has 0 bridgehead atoms. The van der Waals surface area contributed by atoms with Gasteiger partial charge < -0.3 is 14.9 Å². The fourth-order valence-corrected chi connectivity index (χ4v) is 2.65. The maximum Gasteiger partial charge on any atom is 0.336 e. The van der Waals surface area contributed by atoms with E-state index in [1.165, 1.54) is 0 Å². The highest BCUT2D eigenvalue weighted by molar-refractivity contribution is 5.93. The Balaban J connectivity index is 2.37. The normalized spacial score (nSPS) is 11.2. The molecule has 25 heavy (non-hydrogen) atoms. The molecule has 0 radical (unpaired) electrons. The molecule has 0 aliphatic heterocycles. The molecule has 0 saturated carbocycles. The molecule has 0 aliphatic rings. The number of aromatic carboxylic acids is 1. The van der Waals surface area contributed by atoms with Crippen molar-refractivity contribution >= 4 is 18.1 Å². The molecule has 4 heteroatoms. The number of aromatic hydroxyl groups is 1. The Morgan fingerprint density at radius 3 is 2.44 bits per heavy atom. The zero-order valence-electron chi connectivity index (χ0n) is 14.8. The topological polar surface area (TPSA) is 66.8 Å². The molecule has 132 valence electrons. The lowest BCUT2D eigenvalue weighted by Crippen LogP contribution is -1.99. The SMILES string of the molecule is COc1ccc(C=Cc2ccccc2C(=O)O)c(O)c1CCC(C)C. The summed E-state index contributed by atoms with van der Waals surface area (Å²) < 4.78 is 5.37. The second kappa shape index (κ2) is 8.38. The number of carbonyl (C=O) groups is 1. The highest BCUT2D eigenvalue weighted by Crippen LogP contribution is 2.34. The Bertz CT molecular complexity index is 775. The van der Waals surface area contributed by atoms with Crippen LogP contribution in [0.5, 0.6) is 11.5 Å². The molecule has 0 atom stereocenters. The summed E-state index contributed by atoms with van der Waals surface area (Å²) in [5.74, 6) is 0.396. The Hall–Kier alpha value is -2.75. The number of benzene rings is 2. The van der Waals surface area contributed by atoms with Gasteiger partial charge in [-0.2, -0.15) is 0 Å². The van der Waals surface area contributed by atoms with Crippen molar-refractivity contribution in [2.75, 3.05) is 7.11 Å². The molecule has 4 nitrogen and oxygen atoms in total. The molecule has 0 aromatic heterocycles. The predicted molar refractivity (Wildman–Crippen MR) is 100 cm³/mol. The summed E-state index contributed by atoms with van der Waals surface area (Å²) in [4.78, 5) is 11.3. The van der Waals surface area contributed by atoms with E-state index in [1.54, 1.807) is 49.6 Å². The summed E-state index contributed by atoms with van der Waals surface area (Å²) in [7, 11) is 1.59. The molecule has 0 fully saturated rings. The van der Waals surface area contributed by atoms with Crippen LogP contribution in [-0.2, 0) is 6.42 Å². The summed E-state index contributed by atoms with van der Waals surface area (Å²) in [6.07, 6.45) is 5.10. The van der Waals surface area contributed by atoms with Crippen molar-refractivity contribution in [1.29, 1.82) is 0 Å². The first-order valence-electron chi connectivity index (χ1n) is 8.33. The van der Waals surface area contributed by atoms with E-state index in [4.69, 9.17) is 4.74 Å². The van der Waals surface area contributed by atoms with Crippen LogP contribution >= 0.6 is 0 Å². The number of methoxy groups -OCH3 is 1. The average Bonchev–Trinajstić information content (AvgIpc) is 2.59. The van der Waals surface area contributed by atoms with Gasteiger partial charge in [-0.1, -0.05) is 44.2 Å². The van der Waals surface area contributed by atoms with Gasteiger partial charge >= 0.3 is 5.97 Å². The van der Waals surface area contributed by atoms with Gasteiger partial charge in [0, 0.05) is 11.1 Å². The zero-order valence-corrected chi connectivity index (χ0v) is 14.8. The van der Waals surface area contributed by atoms with Crippen molar-refractivity contribution in [2.45, 2.75) is 26.7 Å². The highest BCUT2D eigenvalue weighted by Gasteiger charge is 2.13. The summed E-state index contributed by atoms with van der Waals surface area (Å²) in [5.41, 5.74) is 2.24. The molecule has 0 saturated heterocycles. The highest BCUT2D eigenvalue weighted by atomic mass is 16.5. The number of phenols is 1. The molecule has 0 aliphatic carbocycles. The van der Waals surface area contributed by atoms with Gasteiger partial charge in [-0.3, -0.25) is 0 Å². The standard InChI is InChI=1S/C21H24O4/c1-14(2)8-12-18-19(25-3)13-11-16(20(18)22)10-9-15-6-4-5-7-17(15)21(23)24/h4-7,9-11,13-14,22H,8,12H2,1-3H3,(H,23,24). The molecule has 2 aromatic rings. The maximum atomic E-state index is 11.3. The van der Waals surface area contributed by atoms with Gasteiger partial charge in [0.25, 0.3) is 0 Å². The number of carboxylic acids is 1. The quantitative estimate of drug-likeness (QED) is 0.707. The van der Waals surface area contributed by atoms with Crippen LogP contribution in [-0.4, -0.2) is 23.3 Å². The van der Waals surface area contributed by atoms with E-state index >= 15 is 0 Å². The molecule has 0 heterocycles. The Kier molecular flexibility index (Phi) is 6.23. The molecule has 0 unspecified atom stereocenters. The molecule has 0 amide bonds. The summed E-state index contributed by atoms with van der Waals surface area (Å²) in [5, 5.41) is 19.9. The fraction of sp³-hybridized carbons (Fsp3) is 0.286. The fourth-order valence-electron chi connectivity index (χ4n) is 2.65. The molecule has 0 spiro atoms. The summed E-state index contributed by atoms with van der Waals surface area (Å²) in [6, 6.07) is 10.4. The molecule has 2 rings (SSSR count). The lowest BCUT2D eigenvalue weighted by molar-refractivity contribution is 0.0696. The van der Waals surface area contributed by atoms with E-state index in [0.29, 0.717) is 22.8 Å². The predicted octanol–water partition coefficient (Wildman–Crippen LogP) is 4.86. The Morgan fingerprint density at radius 2 is 1.80 bits per heavy atom. The van der Waals surface area contributed by atoms with Gasteiger partial charge in [0.2, 0.25) is 0 Å². The van der Waals surface area contributed by atoms with Crippen LogP contribution in [0.2, 0.25) is 0 Å². The molecular weight excluding hydrogens is 316 g/mol. The van der Waals surface area contributed by atoms with Gasteiger partial charge in [-0.15, -0.1) is 0 Å². The third-order valence-corrected chi connectivity index (χ3v) is 4.10. The number of phenolic OH excluding ortho intramolecular Hbond substituents is 1. The van der Waals surface area contributed by atoms with Gasteiger partial charge in [0.15, 0.2) is 0 Å². The first kappa shape index (κ1) is 18.6. The van der Waals surface area contributed by atoms with Crippen molar-refractivity contribution in [3.63, 3.8) is 0 Å². The van der Waals surface area contributed by atoms with E-state index in [2.05, 4.69) is 13.8 Å². The molecular formula is C21H24O4. The lowest BCUT2D eigenvalue weighted by Gasteiger charge is -2.13. The number of carboxylic acid groups (broad SMARTS) is 1. The van der Waals surface area contributed by atoms with Crippen molar-refractivity contribution in [3.8, 4) is 11.5 Å². The number of rotatable bonds is 7. The molecule has 2 N–H and O–H groups in total. The third kappa shape index (κ3) is 4.63. The first-order valence-corrected chi connectivity index (χ1v) is 8.33. The number of ether oxygens (including phenoxy) is 1. The zero-order chi connectivity index (χ0) is 18.4. The van der Waals surface area contributed by atoms with Crippen LogP contribution in [0.4, 0.5) is 0 Å². The van der Waals surface area contributed by atoms with Crippen molar-refractivity contribution in [1.82, 2.24) is 0 Å². The Labute approximate surface area is 148 Å². The van der Waals surface area contributed by atoms with Gasteiger partial charge in [-0.05, 0) is 42.5 Å². The van der Waals surface area contributed by atoms with Crippen molar-refractivity contribution in [2.24, 2.45) is 5.92 Å². The third-order valence-electron chi connectivity index (χ3n) is 4.10. The second-order valence-electron chi connectivity index (χ2n) is 6.34. The second-order valence-corrected chi connectivity index (χ2v) is 6.34. The summed E-state index contributed by atoms with van der Waals surface area (Å²) in [6.45, 7) is 4.27. The summed E-state index contributed by atoms with van der Waals surface area (Å²) >= 11 is 0. The van der Waals surface area contributed by atoms with Crippen LogP contribution < -0.4 is 4.74 Å². The van der Waals surface area contributed by atoms with E-state index in [-0.39, 0.29) is 11.3 Å². The smallest absolute Gasteiger partial charge is 0.336 e. The van der Waals surface area contributed by atoms with Crippen LogP contribution in [0.15, 0.2) is 36.4 Å². The van der Waals surface area contributed by atoms with Crippen LogP contribution in [0.3, 0.4) is 0 Å². The first-order chi connectivity index (χ1) is 11.9. The van der Waals surface area contributed by atoms with E-state index in [1.807, 2.05) is 6.07 Å². The minimum Gasteiger partial charge on any atom is -0.507 e. The largest absolute Gasteiger partial charge is 0.507 e. The van der Waals surface area contributed by atoms with E-state index in [0.717, 1.165) is 18.4 Å². The number of hydrogen-bond donors (Lipinski definition) is 2. The van der Waals surface area contributed by atoms with Gasteiger partial charge in [-0.25, -0.2) is 4.79 Å². The van der Waals surface area contributed by atoms with Crippen LogP contribution in [0, 0.1) is 5.92 Å². The monoisotopic (exact) mass is 340 g/mol. The lowest BCUT2D eigenvalue weighted by atomic mass is 9.98. The van der Waals surface area contributed by atoms with E-state index < -0.39 is 5.97 Å². The maximum absolute atomic E-state index is 11.3. The van der Waals surface area contributed by atoms with Crippen LogP contribution in [0.1, 0.15) is 47.3 Å². The average molecular weight is 340 g/mol. The van der Waals surface area contributed by atoms with Gasteiger partial charge in [0.05, 0.1) is 12.7 Å². The van der Waals surface area contributed by atoms with Gasteiger partial charge in [0.1, 0.15) is 11.5 Å². The van der Waals surface area contributed by atoms with Crippen LogP contribution in [0.25, 0.3) is 12.2 Å². The minimum atomic E-state index is -0.975. The molecule has 2 aromatic carbocycles.